The molecular formula is C18H39O2PS2. The zero-order valence-corrected chi connectivity index (χ0v) is 18.2. The van der Waals surface area contributed by atoms with Crippen LogP contribution >= 0.6 is 17.1 Å². The van der Waals surface area contributed by atoms with Gasteiger partial charge in [-0.25, -0.2) is 0 Å². The predicted molar refractivity (Wildman–Crippen MR) is 111 cm³/mol. The minimum atomic E-state index is -2.09. The second-order valence-corrected chi connectivity index (χ2v) is 12.7. The second-order valence-electron chi connectivity index (χ2n) is 6.07. The molecule has 0 N–H and O–H groups in total. The van der Waals surface area contributed by atoms with E-state index in [4.69, 9.17) is 20.9 Å². The van der Waals surface area contributed by atoms with Crippen LogP contribution in [0.1, 0.15) is 97.8 Å². The lowest BCUT2D eigenvalue weighted by Gasteiger charge is -2.21. The van der Waals surface area contributed by atoms with Crippen molar-refractivity contribution in [1.82, 2.24) is 0 Å². The van der Waals surface area contributed by atoms with Gasteiger partial charge < -0.3 is 9.05 Å². The van der Waals surface area contributed by atoms with Gasteiger partial charge in [0.1, 0.15) is 0 Å². The van der Waals surface area contributed by atoms with Gasteiger partial charge in [-0.1, -0.05) is 96.4 Å². The lowest BCUT2D eigenvalue weighted by molar-refractivity contribution is 0.249. The fourth-order valence-corrected chi connectivity index (χ4v) is 6.87. The van der Waals surface area contributed by atoms with Gasteiger partial charge in [0.05, 0.1) is 13.2 Å². The van der Waals surface area contributed by atoms with Gasteiger partial charge in [-0.3, -0.25) is 0 Å². The van der Waals surface area contributed by atoms with E-state index in [0.29, 0.717) is 0 Å². The largest absolute Gasteiger partial charge is 0.322 e. The fourth-order valence-electron chi connectivity index (χ4n) is 2.39. The molecule has 0 spiro atoms. The Balaban J connectivity index is 3.72. The Bertz CT molecular complexity index is 266. The Morgan fingerprint density at radius 3 is 1.43 bits per heavy atom. The summed E-state index contributed by atoms with van der Waals surface area (Å²) in [5, 5.41) is 0. The van der Waals surface area contributed by atoms with Crippen molar-refractivity contribution >= 4 is 28.9 Å². The summed E-state index contributed by atoms with van der Waals surface area (Å²) in [5.41, 5.74) is -2.09. The number of unbranched alkanes of at least 4 members (excludes halogenated alkanes) is 10. The van der Waals surface area contributed by atoms with Gasteiger partial charge >= 0.3 is 0 Å². The highest BCUT2D eigenvalue weighted by Crippen LogP contribution is 2.61. The Morgan fingerprint density at radius 1 is 0.652 bits per heavy atom. The molecule has 0 saturated heterocycles. The Kier molecular flexibility index (Phi) is 18.4. The molecule has 0 heterocycles. The summed E-state index contributed by atoms with van der Waals surface area (Å²) in [6, 6.07) is 0. The van der Waals surface area contributed by atoms with E-state index < -0.39 is 5.69 Å². The van der Waals surface area contributed by atoms with Crippen molar-refractivity contribution in [2.45, 2.75) is 97.8 Å². The lowest BCUT2D eigenvalue weighted by Crippen LogP contribution is -1.98. The van der Waals surface area contributed by atoms with E-state index in [1.165, 1.54) is 64.2 Å². The first-order valence-electron chi connectivity index (χ1n) is 9.72. The van der Waals surface area contributed by atoms with Crippen LogP contribution in [0.2, 0.25) is 0 Å². The zero-order valence-electron chi connectivity index (χ0n) is 15.7. The summed E-state index contributed by atoms with van der Waals surface area (Å²) >= 11 is 7.37. The molecule has 2 nitrogen and oxygen atoms in total. The van der Waals surface area contributed by atoms with E-state index in [1.807, 2.05) is 0 Å². The highest BCUT2D eigenvalue weighted by molar-refractivity contribution is 8.67. The highest BCUT2D eigenvalue weighted by Gasteiger charge is 2.18. The van der Waals surface area contributed by atoms with Crippen LogP contribution in [0.4, 0.5) is 0 Å². The van der Waals surface area contributed by atoms with Crippen molar-refractivity contribution in [3.63, 3.8) is 0 Å². The van der Waals surface area contributed by atoms with Crippen molar-refractivity contribution < 1.29 is 9.05 Å². The molecule has 140 valence electrons. The van der Waals surface area contributed by atoms with Crippen LogP contribution in [0.3, 0.4) is 0 Å². The lowest BCUT2D eigenvalue weighted by atomic mass is 10.1. The number of rotatable bonds is 18. The maximum Gasteiger partial charge on any atom is 0.247 e. The molecular weight excluding hydrogens is 343 g/mol. The van der Waals surface area contributed by atoms with Crippen LogP contribution in [0.15, 0.2) is 0 Å². The van der Waals surface area contributed by atoms with E-state index in [1.54, 1.807) is 11.4 Å². The van der Waals surface area contributed by atoms with E-state index in [-0.39, 0.29) is 0 Å². The summed E-state index contributed by atoms with van der Waals surface area (Å²) in [6.45, 7) is 8.18. The van der Waals surface area contributed by atoms with Crippen LogP contribution < -0.4 is 0 Å². The summed E-state index contributed by atoms with van der Waals surface area (Å²) in [4.78, 5) is 0. The Labute approximate surface area is 154 Å². The first-order valence-corrected chi connectivity index (χ1v) is 13.9. The van der Waals surface area contributed by atoms with E-state index >= 15 is 0 Å². The third-order valence-corrected chi connectivity index (χ3v) is 9.29. The van der Waals surface area contributed by atoms with E-state index in [2.05, 4.69) is 20.8 Å². The molecule has 0 atom stereocenters. The highest BCUT2D eigenvalue weighted by atomic mass is 32.9. The molecule has 0 aliphatic rings. The van der Waals surface area contributed by atoms with Gasteiger partial charge in [0.25, 0.3) is 0 Å². The minimum absolute atomic E-state index is 0.771. The molecule has 0 bridgehead atoms. The molecule has 0 fully saturated rings. The quantitative estimate of drug-likeness (QED) is 0.178. The van der Waals surface area contributed by atoms with Crippen molar-refractivity contribution in [3.8, 4) is 0 Å². The molecule has 0 amide bonds. The standard InChI is InChI=1S/C18H39O2PS2/c1-4-7-9-11-13-15-17-19-21(22,23-6-3)20-18-16-14-12-10-8-5-2/h4-18H2,1-3H3. The predicted octanol–water partition coefficient (Wildman–Crippen LogP) is 7.72. The van der Waals surface area contributed by atoms with Crippen molar-refractivity contribution in [2.75, 3.05) is 19.0 Å². The number of hydrogen-bond donors (Lipinski definition) is 0. The minimum Gasteiger partial charge on any atom is -0.322 e. The van der Waals surface area contributed by atoms with Gasteiger partial charge in [-0.05, 0) is 30.4 Å². The SMILES string of the molecule is CCCCCCCCOP(=S)(OCCCCCCCC)SCC. The van der Waals surface area contributed by atoms with Crippen LogP contribution in [0, 0.1) is 0 Å². The summed E-state index contributed by atoms with van der Waals surface area (Å²) in [5.74, 6) is 0.976. The van der Waals surface area contributed by atoms with Gasteiger partial charge in [0, 0.05) is 0 Å². The molecule has 0 aliphatic carbocycles. The van der Waals surface area contributed by atoms with Crippen LogP contribution in [0.5, 0.6) is 0 Å². The molecule has 0 aromatic heterocycles. The topological polar surface area (TPSA) is 18.5 Å². The number of hydrogen-bond acceptors (Lipinski definition) is 4. The van der Waals surface area contributed by atoms with Gasteiger partial charge in [-0.15, -0.1) is 0 Å². The second kappa shape index (κ2) is 17.7. The van der Waals surface area contributed by atoms with Crippen molar-refractivity contribution in [2.24, 2.45) is 0 Å². The van der Waals surface area contributed by atoms with Gasteiger partial charge in [-0.2, -0.15) is 0 Å². The molecule has 23 heavy (non-hydrogen) atoms. The molecule has 0 rings (SSSR count). The summed E-state index contributed by atoms with van der Waals surface area (Å²) in [7, 11) is 0. The first-order chi connectivity index (χ1) is 11.2. The maximum absolute atomic E-state index is 5.99. The van der Waals surface area contributed by atoms with Crippen molar-refractivity contribution in [1.29, 1.82) is 0 Å². The third kappa shape index (κ3) is 16.2. The van der Waals surface area contributed by atoms with Crippen molar-refractivity contribution in [3.05, 3.63) is 0 Å². The molecule has 0 unspecified atom stereocenters. The summed E-state index contributed by atoms with van der Waals surface area (Å²) < 4.78 is 12.0. The van der Waals surface area contributed by atoms with Gasteiger partial charge in [0.2, 0.25) is 5.69 Å². The molecule has 0 aliphatic heterocycles. The monoisotopic (exact) mass is 382 g/mol. The average molecular weight is 383 g/mol. The smallest absolute Gasteiger partial charge is 0.247 e. The maximum atomic E-state index is 5.99. The molecule has 0 aromatic carbocycles. The summed E-state index contributed by atoms with van der Waals surface area (Å²) in [6.07, 6.45) is 15.4. The van der Waals surface area contributed by atoms with E-state index in [0.717, 1.165) is 31.8 Å². The Hall–Kier alpha value is 0.920. The van der Waals surface area contributed by atoms with E-state index in [9.17, 15) is 0 Å². The van der Waals surface area contributed by atoms with Crippen LogP contribution in [-0.2, 0) is 20.9 Å². The normalized spacial score (nSPS) is 12.0. The molecule has 0 saturated carbocycles. The third-order valence-electron chi connectivity index (χ3n) is 3.78. The van der Waals surface area contributed by atoms with Crippen LogP contribution in [0.25, 0.3) is 0 Å². The fraction of sp³-hybridized carbons (Fsp3) is 1.00. The molecule has 0 radical (unpaired) electrons. The Morgan fingerprint density at radius 2 is 1.04 bits per heavy atom. The molecule has 5 heteroatoms. The molecule has 0 aromatic rings. The first kappa shape index (κ1) is 23.9. The average Bonchev–Trinajstić information content (AvgIpc) is 2.53. The van der Waals surface area contributed by atoms with Crippen LogP contribution in [-0.4, -0.2) is 19.0 Å². The van der Waals surface area contributed by atoms with Gasteiger partial charge in [0.15, 0.2) is 0 Å². The zero-order chi connectivity index (χ0) is 17.2.